The molecule has 4 aromatic rings. The van der Waals surface area contributed by atoms with E-state index in [-0.39, 0.29) is 95.5 Å². The molecule has 0 amide bonds. The van der Waals surface area contributed by atoms with Crippen molar-refractivity contribution in [2.75, 3.05) is 0 Å². The second-order valence-electron chi connectivity index (χ2n) is 14.2. The van der Waals surface area contributed by atoms with E-state index in [9.17, 15) is 78.8 Å². The van der Waals surface area contributed by atoms with Gasteiger partial charge in [-0.3, -0.25) is 0 Å². The van der Waals surface area contributed by atoms with Crippen LogP contribution in [-0.2, 0) is 57.6 Å². The predicted octanol–water partition coefficient (Wildman–Crippen LogP) is 12.2. The molecule has 1 N–H and O–H groups in total. The fourth-order valence-corrected chi connectivity index (χ4v) is 10.9. The molecule has 0 bridgehead atoms. The monoisotopic (exact) mass is 897 g/mol. The lowest BCUT2D eigenvalue weighted by atomic mass is 9.73. The summed E-state index contributed by atoms with van der Waals surface area (Å²) >= 11 is 0. The Morgan fingerprint density at radius 2 is 0.881 bits per heavy atom. The number of aryl methyl sites for hydroxylation is 2. The number of nitrogens with one attached hydrogen (secondary N) is 1. The first-order chi connectivity index (χ1) is 26.8. The summed E-state index contributed by atoms with van der Waals surface area (Å²) in [7, 11) is -13.2. The van der Waals surface area contributed by atoms with Gasteiger partial charge in [0.15, 0.2) is 0 Å². The molecule has 1 spiro atoms. The highest BCUT2D eigenvalue weighted by Gasteiger charge is 2.57. The summed E-state index contributed by atoms with van der Waals surface area (Å²) < 4.78 is 262. The lowest BCUT2D eigenvalue weighted by Gasteiger charge is -2.36. The van der Waals surface area contributed by atoms with E-state index in [2.05, 4.69) is 0 Å². The lowest BCUT2D eigenvalue weighted by Crippen LogP contribution is -2.37. The van der Waals surface area contributed by atoms with Gasteiger partial charge in [0.25, 0.3) is 0 Å². The van der Waals surface area contributed by atoms with Crippen LogP contribution in [0, 0.1) is 13.8 Å². The Bertz CT molecular complexity index is 2390. The van der Waals surface area contributed by atoms with Crippen LogP contribution in [0.2, 0.25) is 0 Å². The molecule has 0 unspecified atom stereocenters. The summed E-state index contributed by atoms with van der Waals surface area (Å²) in [5.41, 5.74) is -18.2. The number of hydrogen-bond donors (Lipinski definition) is 1. The third-order valence-electron chi connectivity index (χ3n) is 10.5. The zero-order chi connectivity index (χ0) is 43.8. The first-order valence-electron chi connectivity index (χ1n) is 16.8. The highest BCUT2D eigenvalue weighted by atomic mass is 32.2. The molecule has 0 atom stereocenters. The number of benzene rings is 4. The summed E-state index contributed by atoms with van der Waals surface area (Å²) in [5.74, 6) is -1.88. The van der Waals surface area contributed by atoms with Gasteiger partial charge in [-0.1, -0.05) is 4.49 Å². The Morgan fingerprint density at radius 1 is 0.559 bits per heavy atom. The third-order valence-corrected chi connectivity index (χ3v) is 13.8. The van der Waals surface area contributed by atoms with Crippen molar-refractivity contribution in [2.45, 2.75) is 75.2 Å². The lowest BCUT2D eigenvalue weighted by molar-refractivity contribution is -0.144. The Balaban J connectivity index is 1.63. The Kier molecular flexibility index (Phi) is 9.43. The van der Waals surface area contributed by atoms with Gasteiger partial charge in [-0.25, -0.2) is 13.0 Å². The van der Waals surface area contributed by atoms with Crippen LogP contribution in [0.3, 0.4) is 0 Å². The summed E-state index contributed by atoms with van der Waals surface area (Å²) in [6.45, 7) is 2.74. The molecular weight excluding hydrogens is 874 g/mol. The molecule has 7 rings (SSSR count). The first kappa shape index (κ1) is 42.7. The van der Waals surface area contributed by atoms with Crippen LogP contribution in [0.1, 0.15) is 68.5 Å². The van der Waals surface area contributed by atoms with Crippen molar-refractivity contribution in [3.63, 3.8) is 0 Å². The highest BCUT2D eigenvalue weighted by Crippen LogP contribution is 2.67. The van der Waals surface area contributed by atoms with Gasteiger partial charge in [0, 0.05) is 27.7 Å². The summed E-state index contributed by atoms with van der Waals surface area (Å²) in [4.78, 5) is 0. The van der Waals surface area contributed by atoms with E-state index in [1.807, 2.05) is 0 Å². The molecule has 0 saturated heterocycles. The number of rotatable bonds is 4. The molecular formula is C36H23F15NO5PS. The van der Waals surface area contributed by atoms with Crippen LogP contribution in [0.25, 0.3) is 22.3 Å². The predicted molar refractivity (Wildman–Crippen MR) is 178 cm³/mol. The Labute approximate surface area is 323 Å². The molecule has 0 fully saturated rings. The normalized spacial score (nSPS) is 17.4. The molecule has 3 aliphatic rings. The van der Waals surface area contributed by atoms with Crippen molar-refractivity contribution in [1.29, 1.82) is 0 Å². The first-order valence-corrected chi connectivity index (χ1v) is 19.8. The Morgan fingerprint density at radius 3 is 1.17 bits per heavy atom. The van der Waals surface area contributed by atoms with Crippen LogP contribution in [0.5, 0.6) is 11.5 Å². The van der Waals surface area contributed by atoms with Crippen molar-refractivity contribution in [1.82, 2.24) is 4.49 Å². The van der Waals surface area contributed by atoms with Gasteiger partial charge < -0.3 is 9.05 Å². The number of hydrogen-bond acceptors (Lipinski definition) is 5. The van der Waals surface area contributed by atoms with E-state index in [1.165, 1.54) is 13.8 Å². The molecule has 0 aromatic heterocycles. The van der Waals surface area contributed by atoms with E-state index >= 15 is 0 Å². The summed E-state index contributed by atoms with van der Waals surface area (Å²) in [5, 5.41) is 0. The second kappa shape index (κ2) is 13.0. The largest absolute Gasteiger partial charge is 0.526 e. The van der Waals surface area contributed by atoms with E-state index in [0.29, 0.717) is 0 Å². The van der Waals surface area contributed by atoms with Gasteiger partial charge in [0.05, 0.1) is 22.3 Å². The molecule has 6 nitrogen and oxygen atoms in total. The van der Waals surface area contributed by atoms with Gasteiger partial charge in [-0.15, -0.1) is 0 Å². The minimum atomic E-state index is -6.84. The number of sulfonamides is 1. The maximum Gasteiger partial charge on any atom is 0.526 e. The maximum absolute atomic E-state index is 14.8. The van der Waals surface area contributed by atoms with Crippen molar-refractivity contribution in [2.24, 2.45) is 0 Å². The van der Waals surface area contributed by atoms with Crippen LogP contribution < -0.4 is 13.5 Å². The van der Waals surface area contributed by atoms with Gasteiger partial charge in [0.1, 0.15) is 11.5 Å². The molecule has 4 aromatic carbocycles. The fourth-order valence-electron chi connectivity index (χ4n) is 8.09. The van der Waals surface area contributed by atoms with Crippen molar-refractivity contribution >= 4 is 17.8 Å². The second-order valence-corrected chi connectivity index (χ2v) is 17.8. The molecule has 318 valence electrons. The van der Waals surface area contributed by atoms with Crippen molar-refractivity contribution in [3.8, 4) is 33.8 Å². The molecule has 0 saturated carbocycles. The third kappa shape index (κ3) is 7.21. The molecule has 1 aliphatic heterocycles. The van der Waals surface area contributed by atoms with E-state index in [0.717, 1.165) is 16.6 Å². The maximum atomic E-state index is 14.8. The molecule has 59 heavy (non-hydrogen) atoms. The minimum Gasteiger partial charge on any atom is -0.403 e. The molecule has 23 heteroatoms. The number of alkyl halides is 15. The molecule has 1 heterocycles. The van der Waals surface area contributed by atoms with E-state index in [4.69, 9.17) is 9.05 Å². The van der Waals surface area contributed by atoms with Crippen LogP contribution >= 0.6 is 7.75 Å². The van der Waals surface area contributed by atoms with E-state index < -0.39 is 109 Å². The quantitative estimate of drug-likeness (QED) is 0.163. The van der Waals surface area contributed by atoms with Crippen molar-refractivity contribution < 1.29 is 87.9 Å². The fraction of sp³-hybridized carbons (Fsp3) is 0.333. The van der Waals surface area contributed by atoms with Crippen LogP contribution in [-0.4, -0.2) is 13.9 Å². The summed E-state index contributed by atoms with van der Waals surface area (Å²) in [6, 6.07) is 2.51. The van der Waals surface area contributed by atoms with Gasteiger partial charge in [0.2, 0.25) is 0 Å². The SMILES string of the molecule is Cc1cc(-c2cc(C(F)(F)F)cc(C(F)(F)F)c2)c2c3c1CCC31CCc3c(C)cc(-c4cc(C(F)(F)F)cc(C(F)(F)F)c4)c(c31)OP(=O)(NS(=O)(=O)C(F)(F)F)O2. The van der Waals surface area contributed by atoms with E-state index in [1.54, 1.807) is 0 Å². The van der Waals surface area contributed by atoms with Gasteiger partial charge in [-0.05, 0) is 121 Å². The van der Waals surface area contributed by atoms with Crippen LogP contribution in [0.15, 0.2) is 48.5 Å². The minimum absolute atomic E-state index is 0.0171. The topological polar surface area (TPSA) is 81.7 Å². The Hall–Kier alpha value is -4.43. The smallest absolute Gasteiger partial charge is 0.403 e. The zero-order valence-electron chi connectivity index (χ0n) is 29.5. The average Bonchev–Trinajstić information content (AvgIpc) is 3.66. The zero-order valence-corrected chi connectivity index (χ0v) is 31.2. The molecule has 0 radical (unpaired) electrons. The van der Waals surface area contributed by atoms with Crippen LogP contribution in [0.4, 0.5) is 65.9 Å². The molecule has 2 aliphatic carbocycles. The number of halogens is 15. The summed E-state index contributed by atoms with van der Waals surface area (Å²) in [6.07, 6.45) is -21.8. The average molecular weight is 898 g/mol. The standard InChI is InChI=1S/C36H23F15NO5PS/c1-15-7-25(17-9-19(32(37,38)39)13-20(10-17)33(40,41)42)29-27-23(15)3-5-31(27)6-4-24-16(2)8-26(18-11-21(34(43,44)45)14-22(12-18)35(46,47)48)30(28(24)31)57-58(53,56-29)52-59(54,55)36(49,50)51/h7-14H,3-6H2,1-2H3,(H,52,53). The van der Waals surface area contributed by atoms with Gasteiger partial charge in [-0.2, -0.15) is 65.9 Å². The van der Waals surface area contributed by atoms with Gasteiger partial charge >= 0.3 is 48.0 Å². The van der Waals surface area contributed by atoms with Crippen molar-refractivity contribution in [3.05, 3.63) is 104 Å². The highest BCUT2D eigenvalue weighted by molar-refractivity contribution is 7.95.